The minimum absolute atomic E-state index is 0.00790. The predicted molar refractivity (Wildman–Crippen MR) is 58.9 cm³/mol. The van der Waals surface area contributed by atoms with Crippen LogP contribution in [0.25, 0.3) is 0 Å². The van der Waals surface area contributed by atoms with Crippen molar-refractivity contribution >= 4 is 23.3 Å². The Balaban J connectivity index is 3.22. The third-order valence-corrected chi connectivity index (χ3v) is 2.12. The molecule has 0 fully saturated rings. The quantitative estimate of drug-likeness (QED) is 0.280. The second kappa shape index (κ2) is 5.27. The molecular weight excluding hydrogens is 230 g/mol. The van der Waals surface area contributed by atoms with Gasteiger partial charge in [0.05, 0.1) is 4.92 Å². The second-order valence-electron chi connectivity index (χ2n) is 3.13. The first-order valence-electron chi connectivity index (χ1n) is 4.38. The molecule has 0 radical (unpaired) electrons. The average molecular weight is 239 g/mol. The Morgan fingerprint density at radius 2 is 2.31 bits per heavy atom. The van der Waals surface area contributed by atoms with E-state index in [0.717, 1.165) is 0 Å². The number of nitrogens with one attached hydrogen (secondary N) is 1. The maximum absolute atomic E-state index is 10.9. The molecule has 0 saturated carbocycles. The Bertz CT molecular complexity index is 443. The van der Waals surface area contributed by atoms with Crippen LogP contribution in [0.2, 0.25) is 0 Å². The highest BCUT2D eigenvalue weighted by molar-refractivity contribution is 8.03. The van der Waals surface area contributed by atoms with Crippen molar-refractivity contribution < 1.29 is 4.92 Å². The van der Waals surface area contributed by atoms with Crippen LogP contribution in [-0.4, -0.2) is 20.9 Å². The third-order valence-electron chi connectivity index (χ3n) is 1.54. The van der Waals surface area contributed by atoms with E-state index in [1.807, 2.05) is 13.8 Å². The highest BCUT2D eigenvalue weighted by atomic mass is 32.2. The van der Waals surface area contributed by atoms with E-state index in [0.29, 0.717) is 11.8 Å². The molecule has 0 unspecified atom stereocenters. The monoisotopic (exact) mass is 239 g/mol. The van der Waals surface area contributed by atoms with Crippen LogP contribution in [0, 0.1) is 20.8 Å². The number of hydrogen-bond donors (Lipinski definition) is 1. The number of anilines is 1. The summed E-state index contributed by atoms with van der Waals surface area (Å²) in [5, 5.41) is 24.0. The Kier molecular flexibility index (Phi) is 4.02. The maximum Gasteiger partial charge on any atom is 0.344 e. The summed E-state index contributed by atoms with van der Waals surface area (Å²) in [7, 11) is 0. The number of nitro groups is 1. The molecule has 8 heteroatoms. The van der Waals surface area contributed by atoms with Gasteiger partial charge in [0.15, 0.2) is 5.03 Å². The van der Waals surface area contributed by atoms with Gasteiger partial charge in [0.1, 0.15) is 11.7 Å². The Morgan fingerprint density at radius 3 is 2.81 bits per heavy atom. The largest absolute Gasteiger partial charge is 0.362 e. The fourth-order valence-electron chi connectivity index (χ4n) is 1.02. The molecule has 0 amide bonds. The van der Waals surface area contributed by atoms with Gasteiger partial charge in [-0.25, -0.2) is 9.97 Å². The van der Waals surface area contributed by atoms with Gasteiger partial charge in [-0.15, -0.1) is 0 Å². The molecule has 1 heterocycles. The summed E-state index contributed by atoms with van der Waals surface area (Å²) < 4.78 is 0. The number of rotatable bonds is 4. The molecule has 0 aliphatic carbocycles. The number of nitrogens with zero attached hydrogens (tertiary/aromatic N) is 4. The first-order valence-corrected chi connectivity index (χ1v) is 5.19. The summed E-state index contributed by atoms with van der Waals surface area (Å²) in [4.78, 5) is 17.8. The van der Waals surface area contributed by atoms with Crippen molar-refractivity contribution in [2.75, 3.05) is 5.32 Å². The normalized spacial score (nSPS) is 9.88. The van der Waals surface area contributed by atoms with Crippen molar-refractivity contribution in [3.8, 4) is 5.40 Å². The summed E-state index contributed by atoms with van der Waals surface area (Å²) in [5.74, 6) is 0.132. The summed E-state index contributed by atoms with van der Waals surface area (Å²) in [6, 6.07) is 0.00790. The van der Waals surface area contributed by atoms with Crippen molar-refractivity contribution in [1.29, 1.82) is 5.26 Å². The van der Waals surface area contributed by atoms with Crippen LogP contribution in [0.3, 0.4) is 0 Å². The van der Waals surface area contributed by atoms with Crippen molar-refractivity contribution in [2.45, 2.75) is 24.9 Å². The van der Waals surface area contributed by atoms with Gasteiger partial charge >= 0.3 is 5.69 Å². The first kappa shape index (κ1) is 12.2. The Morgan fingerprint density at radius 1 is 1.62 bits per heavy atom. The summed E-state index contributed by atoms with van der Waals surface area (Å²) in [5.41, 5.74) is -0.261. The van der Waals surface area contributed by atoms with Crippen LogP contribution in [0.15, 0.2) is 11.4 Å². The summed E-state index contributed by atoms with van der Waals surface area (Å²) in [6.45, 7) is 3.67. The van der Waals surface area contributed by atoms with Crippen LogP contribution < -0.4 is 5.32 Å². The van der Waals surface area contributed by atoms with Crippen molar-refractivity contribution in [3.05, 3.63) is 16.4 Å². The van der Waals surface area contributed by atoms with E-state index in [-0.39, 0.29) is 22.6 Å². The molecule has 0 aliphatic heterocycles. The van der Waals surface area contributed by atoms with E-state index in [1.165, 1.54) is 6.33 Å². The van der Waals surface area contributed by atoms with Crippen LogP contribution in [-0.2, 0) is 0 Å². The van der Waals surface area contributed by atoms with E-state index in [1.54, 1.807) is 5.40 Å². The molecule has 0 saturated heterocycles. The van der Waals surface area contributed by atoms with Gasteiger partial charge < -0.3 is 5.32 Å². The fraction of sp³-hybridized carbons (Fsp3) is 0.375. The van der Waals surface area contributed by atoms with Crippen LogP contribution in [0.4, 0.5) is 11.5 Å². The molecule has 0 aromatic carbocycles. The van der Waals surface area contributed by atoms with Crippen LogP contribution >= 0.6 is 11.8 Å². The predicted octanol–water partition coefficient (Wildman–Crippen LogP) is 1.78. The van der Waals surface area contributed by atoms with E-state index in [2.05, 4.69) is 15.3 Å². The molecule has 1 aromatic rings. The smallest absolute Gasteiger partial charge is 0.344 e. The van der Waals surface area contributed by atoms with E-state index in [9.17, 15) is 10.1 Å². The van der Waals surface area contributed by atoms with Gasteiger partial charge in [0.2, 0.25) is 5.82 Å². The molecule has 84 valence electrons. The zero-order chi connectivity index (χ0) is 12.1. The molecule has 16 heavy (non-hydrogen) atoms. The zero-order valence-corrected chi connectivity index (χ0v) is 9.48. The number of hydrogen-bond acceptors (Lipinski definition) is 7. The minimum Gasteiger partial charge on any atom is -0.362 e. The number of nitriles is 1. The van der Waals surface area contributed by atoms with E-state index in [4.69, 9.17) is 5.26 Å². The van der Waals surface area contributed by atoms with E-state index >= 15 is 0 Å². The molecule has 0 spiro atoms. The van der Waals surface area contributed by atoms with E-state index < -0.39 is 4.92 Å². The highest BCUT2D eigenvalue weighted by Gasteiger charge is 2.23. The van der Waals surface area contributed by atoms with Gasteiger partial charge in [-0.3, -0.25) is 10.1 Å². The molecular formula is C8H9N5O2S. The molecule has 1 N–H and O–H groups in total. The minimum atomic E-state index is -0.593. The SMILES string of the molecule is CC(C)Nc1ncnc(SC#N)c1[N+](=O)[O-]. The molecule has 0 atom stereocenters. The van der Waals surface area contributed by atoms with Crippen LogP contribution in [0.1, 0.15) is 13.8 Å². The number of aromatic nitrogens is 2. The lowest BCUT2D eigenvalue weighted by Crippen LogP contribution is -2.13. The highest BCUT2D eigenvalue weighted by Crippen LogP contribution is 2.31. The topological polar surface area (TPSA) is 105 Å². The van der Waals surface area contributed by atoms with Crippen molar-refractivity contribution in [2.24, 2.45) is 0 Å². The molecule has 1 aromatic heterocycles. The standard InChI is InChI=1S/C8H9N5O2S/c1-5(2)12-7-6(13(14)15)8(16-3-9)11-4-10-7/h4-5H,1-2H3,(H,10,11,12). The van der Waals surface area contributed by atoms with Gasteiger partial charge in [0, 0.05) is 17.8 Å². The van der Waals surface area contributed by atoms with Gasteiger partial charge in [-0.1, -0.05) is 0 Å². The average Bonchev–Trinajstić information content (AvgIpc) is 2.16. The Hall–Kier alpha value is -1.88. The fourth-order valence-corrected chi connectivity index (χ4v) is 1.48. The maximum atomic E-state index is 10.9. The lowest BCUT2D eigenvalue weighted by atomic mass is 10.4. The molecule has 1 rings (SSSR count). The van der Waals surface area contributed by atoms with Crippen LogP contribution in [0.5, 0.6) is 0 Å². The molecule has 0 aliphatic rings. The lowest BCUT2D eigenvalue weighted by Gasteiger charge is -2.09. The summed E-state index contributed by atoms with van der Waals surface area (Å²) >= 11 is 0.644. The Labute approximate surface area is 96.0 Å². The number of thioether (sulfide) groups is 1. The number of thiocyanates is 1. The molecule has 0 bridgehead atoms. The van der Waals surface area contributed by atoms with Gasteiger partial charge in [-0.2, -0.15) is 5.26 Å². The van der Waals surface area contributed by atoms with Crippen molar-refractivity contribution in [1.82, 2.24) is 9.97 Å². The van der Waals surface area contributed by atoms with Gasteiger partial charge in [-0.05, 0) is 13.8 Å². The van der Waals surface area contributed by atoms with Gasteiger partial charge in [0.25, 0.3) is 0 Å². The second-order valence-corrected chi connectivity index (χ2v) is 3.90. The summed E-state index contributed by atoms with van der Waals surface area (Å²) in [6.07, 6.45) is 1.19. The molecule has 7 nitrogen and oxygen atoms in total. The first-order chi connectivity index (χ1) is 7.56. The van der Waals surface area contributed by atoms with Crippen molar-refractivity contribution in [3.63, 3.8) is 0 Å². The third kappa shape index (κ3) is 2.80. The zero-order valence-electron chi connectivity index (χ0n) is 8.67. The lowest BCUT2D eigenvalue weighted by molar-refractivity contribution is -0.387.